The molecule has 0 spiro atoms. The molecule has 2 nitrogen and oxygen atoms in total. The highest BCUT2D eigenvalue weighted by atomic mass is 35.5. The highest BCUT2D eigenvalue weighted by Crippen LogP contribution is 2.28. The minimum absolute atomic E-state index is 0.535. The summed E-state index contributed by atoms with van der Waals surface area (Å²) in [6.07, 6.45) is 7.75. The molecule has 0 aliphatic heterocycles. The van der Waals surface area contributed by atoms with Crippen LogP contribution in [0.4, 0.5) is 5.69 Å². The number of halogens is 1. The molecule has 2 atom stereocenters. The monoisotopic (exact) mass is 276 g/mol. The second-order valence-corrected chi connectivity index (χ2v) is 5.84. The number of nitrogens with zero attached hydrogens (tertiary/aromatic N) is 1. The van der Waals surface area contributed by atoms with Crippen LogP contribution in [0.5, 0.6) is 0 Å². The number of anilines is 1. The van der Waals surface area contributed by atoms with Crippen molar-refractivity contribution in [1.29, 1.82) is 5.26 Å². The summed E-state index contributed by atoms with van der Waals surface area (Å²) in [5.41, 5.74) is 1.57. The molecule has 0 radical (unpaired) electrons. The fraction of sp³-hybridized carbons (Fsp3) is 0.562. The molecule has 2 unspecified atom stereocenters. The molecular formula is C16H21ClN2. The van der Waals surface area contributed by atoms with Crippen molar-refractivity contribution in [1.82, 2.24) is 0 Å². The van der Waals surface area contributed by atoms with Crippen LogP contribution in [0.2, 0.25) is 5.02 Å². The lowest BCUT2D eigenvalue weighted by Crippen LogP contribution is -2.18. The molecule has 1 saturated carbocycles. The number of nitrogens with one attached hydrogen (secondary N) is 1. The Balaban J connectivity index is 1.97. The van der Waals surface area contributed by atoms with Gasteiger partial charge in [-0.2, -0.15) is 5.26 Å². The van der Waals surface area contributed by atoms with E-state index in [0.717, 1.165) is 11.6 Å². The molecule has 0 aromatic heterocycles. The van der Waals surface area contributed by atoms with Crippen LogP contribution in [0.3, 0.4) is 0 Å². The Morgan fingerprint density at radius 3 is 2.84 bits per heavy atom. The van der Waals surface area contributed by atoms with Gasteiger partial charge in [0.1, 0.15) is 6.07 Å². The zero-order chi connectivity index (χ0) is 13.7. The third-order valence-corrected chi connectivity index (χ3v) is 4.44. The average Bonchev–Trinajstić information content (AvgIpc) is 2.64. The lowest BCUT2D eigenvalue weighted by molar-refractivity contribution is 0.444. The topological polar surface area (TPSA) is 35.8 Å². The molecule has 1 aliphatic rings. The molecule has 1 aliphatic carbocycles. The molecule has 0 heterocycles. The van der Waals surface area contributed by atoms with Gasteiger partial charge in [-0.1, -0.05) is 37.8 Å². The van der Waals surface area contributed by atoms with E-state index in [2.05, 4.69) is 18.3 Å². The Morgan fingerprint density at radius 2 is 2.16 bits per heavy atom. The highest BCUT2D eigenvalue weighted by molar-refractivity contribution is 6.32. The molecule has 102 valence electrons. The first kappa shape index (κ1) is 14.2. The van der Waals surface area contributed by atoms with Crippen LogP contribution >= 0.6 is 11.6 Å². The highest BCUT2D eigenvalue weighted by Gasteiger charge is 2.17. The first-order chi connectivity index (χ1) is 9.22. The zero-order valence-corrected chi connectivity index (χ0v) is 12.2. The van der Waals surface area contributed by atoms with Gasteiger partial charge in [0.25, 0.3) is 0 Å². The summed E-state index contributed by atoms with van der Waals surface area (Å²) in [6, 6.07) is 8.23. The van der Waals surface area contributed by atoms with Crippen LogP contribution in [-0.2, 0) is 0 Å². The molecule has 1 aromatic rings. The predicted octanol–water partition coefficient (Wildman–Crippen LogP) is 4.98. The van der Waals surface area contributed by atoms with Crippen LogP contribution in [0.15, 0.2) is 18.2 Å². The second kappa shape index (κ2) is 6.82. The van der Waals surface area contributed by atoms with E-state index in [-0.39, 0.29) is 0 Å². The first-order valence-corrected chi connectivity index (χ1v) is 7.57. The van der Waals surface area contributed by atoms with Crippen molar-refractivity contribution in [2.75, 3.05) is 5.32 Å². The maximum Gasteiger partial charge on any atom is 0.101 e. The van der Waals surface area contributed by atoms with E-state index in [1.165, 1.54) is 38.5 Å². The molecular weight excluding hydrogens is 256 g/mol. The Hall–Kier alpha value is -1.20. The lowest BCUT2D eigenvalue weighted by Gasteiger charge is -2.18. The van der Waals surface area contributed by atoms with Crippen LogP contribution in [-0.4, -0.2) is 6.04 Å². The number of nitriles is 1. The molecule has 1 aromatic carbocycles. The van der Waals surface area contributed by atoms with Crippen LogP contribution < -0.4 is 5.32 Å². The maximum atomic E-state index is 8.87. The number of rotatable bonds is 3. The molecule has 19 heavy (non-hydrogen) atoms. The van der Waals surface area contributed by atoms with Crippen molar-refractivity contribution in [3.63, 3.8) is 0 Å². The summed E-state index contributed by atoms with van der Waals surface area (Å²) in [7, 11) is 0. The normalized spacial score (nSPS) is 23.4. The minimum atomic E-state index is 0.535. The number of hydrogen-bond acceptors (Lipinski definition) is 2. The van der Waals surface area contributed by atoms with E-state index in [4.69, 9.17) is 16.9 Å². The molecule has 0 bridgehead atoms. The van der Waals surface area contributed by atoms with Gasteiger partial charge in [-0.05, 0) is 43.4 Å². The third kappa shape index (κ3) is 3.88. The van der Waals surface area contributed by atoms with Gasteiger partial charge < -0.3 is 5.32 Å². The second-order valence-electron chi connectivity index (χ2n) is 5.43. The predicted molar refractivity (Wildman–Crippen MR) is 80.4 cm³/mol. The Bertz CT molecular complexity index is 464. The molecule has 3 heteroatoms. The van der Waals surface area contributed by atoms with E-state index in [1.807, 2.05) is 12.1 Å². The molecule has 1 fully saturated rings. The Labute approximate surface area is 120 Å². The van der Waals surface area contributed by atoms with Gasteiger partial charge in [0, 0.05) is 11.7 Å². The quantitative estimate of drug-likeness (QED) is 0.790. The maximum absolute atomic E-state index is 8.87. The Kier molecular flexibility index (Phi) is 5.10. The minimum Gasteiger partial charge on any atom is -0.382 e. The van der Waals surface area contributed by atoms with Crippen LogP contribution in [0, 0.1) is 17.2 Å². The van der Waals surface area contributed by atoms with Crippen LogP contribution in [0.25, 0.3) is 0 Å². The molecule has 0 saturated heterocycles. The molecule has 2 rings (SSSR count). The summed E-state index contributed by atoms with van der Waals surface area (Å²) in [6.45, 7) is 2.29. The third-order valence-electron chi connectivity index (χ3n) is 4.13. The summed E-state index contributed by atoms with van der Waals surface area (Å²) in [4.78, 5) is 0. The van der Waals surface area contributed by atoms with Crippen molar-refractivity contribution < 1.29 is 0 Å². The fourth-order valence-corrected chi connectivity index (χ4v) is 3.09. The fourth-order valence-electron chi connectivity index (χ4n) is 2.86. The van der Waals surface area contributed by atoms with Gasteiger partial charge in [-0.3, -0.25) is 0 Å². The van der Waals surface area contributed by atoms with Gasteiger partial charge in [0.05, 0.1) is 10.6 Å². The van der Waals surface area contributed by atoms with E-state index < -0.39 is 0 Å². The van der Waals surface area contributed by atoms with Crippen molar-refractivity contribution in [2.24, 2.45) is 5.92 Å². The van der Waals surface area contributed by atoms with Crippen LogP contribution in [0.1, 0.15) is 51.0 Å². The molecule has 1 N–H and O–H groups in total. The largest absolute Gasteiger partial charge is 0.382 e. The zero-order valence-electron chi connectivity index (χ0n) is 11.5. The van der Waals surface area contributed by atoms with Crippen molar-refractivity contribution in [3.8, 4) is 6.07 Å². The Morgan fingerprint density at radius 1 is 1.32 bits per heavy atom. The van der Waals surface area contributed by atoms with Gasteiger partial charge >= 0.3 is 0 Å². The van der Waals surface area contributed by atoms with Gasteiger partial charge in [0.15, 0.2) is 0 Å². The summed E-state index contributed by atoms with van der Waals surface area (Å²) in [5.74, 6) is 0.899. The van der Waals surface area contributed by atoms with E-state index in [0.29, 0.717) is 16.6 Å². The molecule has 0 amide bonds. The van der Waals surface area contributed by atoms with Crippen molar-refractivity contribution in [2.45, 2.75) is 51.5 Å². The van der Waals surface area contributed by atoms with E-state index in [9.17, 15) is 0 Å². The number of hydrogen-bond donors (Lipinski definition) is 1. The summed E-state index contributed by atoms with van der Waals surface area (Å²) in [5, 5.41) is 13.0. The van der Waals surface area contributed by atoms with E-state index >= 15 is 0 Å². The van der Waals surface area contributed by atoms with E-state index in [1.54, 1.807) is 6.07 Å². The smallest absolute Gasteiger partial charge is 0.101 e. The summed E-state index contributed by atoms with van der Waals surface area (Å²) >= 11 is 6.06. The standard InChI is InChI=1S/C16H21ClN2/c1-2-12-4-3-5-14(8-6-12)19-15-9-7-13(11-18)16(17)10-15/h7,9-10,12,14,19H,2-6,8H2,1H3. The van der Waals surface area contributed by atoms with Crippen molar-refractivity contribution in [3.05, 3.63) is 28.8 Å². The SMILES string of the molecule is CCC1CCCC(Nc2ccc(C#N)c(Cl)c2)CC1. The first-order valence-electron chi connectivity index (χ1n) is 7.19. The average molecular weight is 277 g/mol. The lowest BCUT2D eigenvalue weighted by atomic mass is 9.98. The summed E-state index contributed by atoms with van der Waals surface area (Å²) < 4.78 is 0. The van der Waals surface area contributed by atoms with Gasteiger partial charge in [-0.15, -0.1) is 0 Å². The van der Waals surface area contributed by atoms with Gasteiger partial charge in [0.2, 0.25) is 0 Å². The van der Waals surface area contributed by atoms with Gasteiger partial charge in [-0.25, -0.2) is 0 Å². The number of benzene rings is 1. The van der Waals surface area contributed by atoms with Crippen molar-refractivity contribution >= 4 is 17.3 Å².